The predicted octanol–water partition coefficient (Wildman–Crippen LogP) is 3.92. The molecule has 0 unspecified atom stereocenters. The van der Waals surface area contributed by atoms with Crippen molar-refractivity contribution in [3.8, 4) is 0 Å². The second-order valence-corrected chi connectivity index (χ2v) is 4.62. The van der Waals surface area contributed by atoms with E-state index in [1.807, 2.05) is 6.92 Å². The number of rotatable bonds is 2. The van der Waals surface area contributed by atoms with Gasteiger partial charge in [0.1, 0.15) is 22.8 Å². The van der Waals surface area contributed by atoms with Crippen LogP contribution >= 0.6 is 0 Å². The molecule has 0 amide bonds. The zero-order chi connectivity index (χ0) is 11.3. The monoisotopic (exact) mass is 222 g/mol. The molecule has 16 heavy (non-hydrogen) atoms. The molecular formula is C13H12F2O. The molecule has 1 aromatic carbocycles. The first-order valence-electron chi connectivity index (χ1n) is 5.44. The molecule has 3 rings (SSSR count). The lowest BCUT2D eigenvalue weighted by atomic mass is 10.1. The Kier molecular flexibility index (Phi) is 1.88. The van der Waals surface area contributed by atoms with Crippen molar-refractivity contribution in [3.63, 3.8) is 0 Å². The maximum Gasteiger partial charge on any atom is 0.134 e. The minimum atomic E-state index is -1.07. The van der Waals surface area contributed by atoms with Crippen LogP contribution in [0.3, 0.4) is 0 Å². The predicted molar refractivity (Wildman–Crippen MR) is 57.7 cm³/mol. The maximum absolute atomic E-state index is 13.6. The normalized spacial score (nSPS) is 17.9. The minimum absolute atomic E-state index is 0.288. The van der Waals surface area contributed by atoms with Crippen LogP contribution in [0.4, 0.5) is 8.78 Å². The van der Waals surface area contributed by atoms with Crippen LogP contribution in [0.25, 0.3) is 11.0 Å². The molecule has 3 heteroatoms. The summed E-state index contributed by atoms with van der Waals surface area (Å²) in [5, 5.41) is 0.749. The van der Waals surface area contributed by atoms with Gasteiger partial charge in [0.15, 0.2) is 0 Å². The van der Waals surface area contributed by atoms with Gasteiger partial charge in [-0.05, 0) is 43.5 Å². The molecule has 0 atom stereocenters. The molecule has 1 nitrogen and oxygen atoms in total. The lowest BCUT2D eigenvalue weighted by Gasteiger charge is -2.01. The number of furan rings is 1. The van der Waals surface area contributed by atoms with Crippen molar-refractivity contribution >= 4 is 11.0 Å². The van der Waals surface area contributed by atoms with Crippen molar-refractivity contribution in [2.24, 2.45) is 0 Å². The summed E-state index contributed by atoms with van der Waals surface area (Å²) in [5.74, 6) is 0.366. The Morgan fingerprint density at radius 3 is 2.81 bits per heavy atom. The highest BCUT2D eigenvalue weighted by atomic mass is 19.1. The molecule has 1 aromatic heterocycles. The van der Waals surface area contributed by atoms with E-state index in [9.17, 15) is 8.78 Å². The number of aryl methyl sites for hydroxylation is 1. The van der Waals surface area contributed by atoms with Gasteiger partial charge in [0.25, 0.3) is 0 Å². The quantitative estimate of drug-likeness (QED) is 0.750. The standard InChI is InChI=1S/C13H12F2O/c1-8-10-6-9(14)2-3-11(10)16-12(8)7-13(15)4-5-13/h2-3,6H,4-5,7H2,1H3. The van der Waals surface area contributed by atoms with Crippen LogP contribution < -0.4 is 0 Å². The third kappa shape index (κ3) is 1.51. The maximum atomic E-state index is 13.6. The second kappa shape index (κ2) is 3.06. The summed E-state index contributed by atoms with van der Waals surface area (Å²) in [6.45, 7) is 1.85. The van der Waals surface area contributed by atoms with Crippen molar-refractivity contribution in [2.45, 2.75) is 31.9 Å². The number of hydrogen-bond donors (Lipinski definition) is 0. The van der Waals surface area contributed by atoms with Crippen LogP contribution in [0.1, 0.15) is 24.2 Å². The molecule has 1 fully saturated rings. The molecule has 84 valence electrons. The summed E-state index contributed by atoms with van der Waals surface area (Å²) in [5.41, 5.74) is 0.425. The van der Waals surface area contributed by atoms with Crippen LogP contribution in [0.2, 0.25) is 0 Å². The van der Waals surface area contributed by atoms with E-state index < -0.39 is 5.67 Å². The summed E-state index contributed by atoms with van der Waals surface area (Å²) in [4.78, 5) is 0. The largest absolute Gasteiger partial charge is 0.461 e. The zero-order valence-electron chi connectivity index (χ0n) is 9.02. The Hall–Kier alpha value is -1.38. The molecule has 0 N–H and O–H groups in total. The SMILES string of the molecule is Cc1c(CC2(F)CC2)oc2ccc(F)cc12. The van der Waals surface area contributed by atoms with E-state index in [4.69, 9.17) is 4.42 Å². The second-order valence-electron chi connectivity index (χ2n) is 4.62. The van der Waals surface area contributed by atoms with Gasteiger partial charge < -0.3 is 4.42 Å². The van der Waals surface area contributed by atoms with Crippen molar-refractivity contribution in [2.75, 3.05) is 0 Å². The van der Waals surface area contributed by atoms with E-state index in [0.717, 1.165) is 10.9 Å². The fourth-order valence-corrected chi connectivity index (χ4v) is 2.01. The minimum Gasteiger partial charge on any atom is -0.461 e. The average Bonchev–Trinajstić information content (AvgIpc) is 2.89. The molecule has 0 saturated heterocycles. The lowest BCUT2D eigenvalue weighted by molar-refractivity contribution is 0.291. The number of hydrogen-bond acceptors (Lipinski definition) is 1. The number of fused-ring (bicyclic) bond motifs is 1. The molecular weight excluding hydrogens is 210 g/mol. The Bertz CT molecular complexity index is 552. The smallest absolute Gasteiger partial charge is 0.134 e. The Morgan fingerprint density at radius 2 is 2.12 bits per heavy atom. The topological polar surface area (TPSA) is 13.1 Å². The van der Waals surface area contributed by atoms with E-state index in [-0.39, 0.29) is 5.82 Å². The molecule has 1 heterocycles. The molecule has 1 aliphatic rings. The highest BCUT2D eigenvalue weighted by molar-refractivity contribution is 5.82. The van der Waals surface area contributed by atoms with E-state index in [2.05, 4.69) is 0 Å². The molecule has 0 bridgehead atoms. The van der Waals surface area contributed by atoms with Gasteiger partial charge in [-0.15, -0.1) is 0 Å². The van der Waals surface area contributed by atoms with Gasteiger partial charge in [-0.3, -0.25) is 0 Å². The van der Waals surface area contributed by atoms with Crippen molar-refractivity contribution in [1.82, 2.24) is 0 Å². The summed E-state index contributed by atoms with van der Waals surface area (Å²) < 4.78 is 32.3. The van der Waals surface area contributed by atoms with Gasteiger partial charge in [0.2, 0.25) is 0 Å². The van der Waals surface area contributed by atoms with Gasteiger partial charge in [-0.1, -0.05) is 0 Å². The first-order valence-corrected chi connectivity index (χ1v) is 5.44. The van der Waals surface area contributed by atoms with Gasteiger partial charge in [-0.25, -0.2) is 8.78 Å². The third-order valence-electron chi connectivity index (χ3n) is 3.27. The van der Waals surface area contributed by atoms with E-state index in [0.29, 0.717) is 30.6 Å². The molecule has 0 aliphatic heterocycles. The molecule has 1 saturated carbocycles. The fraction of sp³-hybridized carbons (Fsp3) is 0.385. The summed E-state index contributed by atoms with van der Waals surface area (Å²) >= 11 is 0. The van der Waals surface area contributed by atoms with Crippen LogP contribution in [-0.2, 0) is 6.42 Å². The van der Waals surface area contributed by atoms with Crippen LogP contribution in [0.15, 0.2) is 22.6 Å². The van der Waals surface area contributed by atoms with Gasteiger partial charge in [-0.2, -0.15) is 0 Å². The highest BCUT2D eigenvalue weighted by Crippen LogP contribution is 2.44. The fourth-order valence-electron chi connectivity index (χ4n) is 2.01. The number of benzene rings is 1. The van der Waals surface area contributed by atoms with Crippen LogP contribution in [0.5, 0.6) is 0 Å². The van der Waals surface area contributed by atoms with E-state index in [1.54, 1.807) is 6.07 Å². The van der Waals surface area contributed by atoms with E-state index in [1.165, 1.54) is 12.1 Å². The molecule has 1 aliphatic carbocycles. The first-order chi connectivity index (χ1) is 7.57. The Balaban J connectivity index is 2.08. The summed E-state index contributed by atoms with van der Waals surface area (Å²) in [6.07, 6.45) is 1.53. The van der Waals surface area contributed by atoms with Gasteiger partial charge >= 0.3 is 0 Å². The summed E-state index contributed by atoms with van der Waals surface area (Å²) in [6, 6.07) is 4.39. The number of alkyl halides is 1. The zero-order valence-corrected chi connectivity index (χ0v) is 9.02. The number of halogens is 2. The lowest BCUT2D eigenvalue weighted by Crippen LogP contribution is -2.04. The van der Waals surface area contributed by atoms with E-state index >= 15 is 0 Å². The van der Waals surface area contributed by atoms with Gasteiger partial charge in [0.05, 0.1) is 0 Å². The van der Waals surface area contributed by atoms with Crippen molar-refractivity contribution in [1.29, 1.82) is 0 Å². The Morgan fingerprint density at radius 1 is 1.38 bits per heavy atom. The van der Waals surface area contributed by atoms with Crippen molar-refractivity contribution in [3.05, 3.63) is 35.3 Å². The third-order valence-corrected chi connectivity index (χ3v) is 3.27. The average molecular weight is 222 g/mol. The van der Waals surface area contributed by atoms with Crippen LogP contribution in [0, 0.1) is 12.7 Å². The van der Waals surface area contributed by atoms with Crippen molar-refractivity contribution < 1.29 is 13.2 Å². The molecule has 0 radical (unpaired) electrons. The van der Waals surface area contributed by atoms with Crippen LogP contribution in [-0.4, -0.2) is 5.67 Å². The molecule has 0 spiro atoms. The summed E-state index contributed by atoms with van der Waals surface area (Å²) in [7, 11) is 0. The Labute approximate surface area is 92.1 Å². The highest BCUT2D eigenvalue weighted by Gasteiger charge is 2.44. The van der Waals surface area contributed by atoms with Gasteiger partial charge in [0, 0.05) is 11.8 Å². The molecule has 2 aromatic rings. The first kappa shape index (κ1) is 9.82.